The van der Waals surface area contributed by atoms with Crippen LogP contribution in [0, 0.1) is 0 Å². The van der Waals surface area contributed by atoms with Crippen molar-refractivity contribution in [2.75, 3.05) is 19.7 Å². The van der Waals surface area contributed by atoms with Gasteiger partial charge in [0, 0.05) is 24.2 Å². The van der Waals surface area contributed by atoms with Gasteiger partial charge in [-0.1, -0.05) is 95.0 Å². The number of piperidine rings is 1. The molecule has 0 unspecified atom stereocenters. The quantitative estimate of drug-likeness (QED) is 0.105. The first-order chi connectivity index (χ1) is 21.9. The Morgan fingerprint density at radius 3 is 1.96 bits per heavy atom. The summed E-state index contributed by atoms with van der Waals surface area (Å²) >= 11 is 0. The zero-order chi connectivity index (χ0) is 33.6. The van der Waals surface area contributed by atoms with Crippen LogP contribution in [0.25, 0.3) is 0 Å². The molecule has 0 aromatic heterocycles. The van der Waals surface area contributed by atoms with Crippen LogP contribution in [0.1, 0.15) is 111 Å². The van der Waals surface area contributed by atoms with Gasteiger partial charge in [-0.25, -0.2) is 0 Å². The Bertz CT molecular complexity index is 1190. The number of amides is 1. The van der Waals surface area contributed by atoms with Crippen molar-refractivity contribution < 1.29 is 40.7 Å². The lowest BCUT2D eigenvalue weighted by molar-refractivity contribution is -0.144. The van der Waals surface area contributed by atoms with Gasteiger partial charge in [-0.05, 0) is 49.4 Å². The van der Waals surface area contributed by atoms with Gasteiger partial charge in [-0.2, -0.15) is 26.3 Å². The summed E-state index contributed by atoms with van der Waals surface area (Å²) in [6.07, 6.45) is 2.69. The van der Waals surface area contributed by atoms with Gasteiger partial charge >= 0.3 is 18.3 Å². The molecular weight excluding hydrogens is 610 g/mol. The Balaban J connectivity index is 1.55. The first-order valence-corrected chi connectivity index (χ1v) is 16.4. The number of unbranched alkanes of at least 4 members (excludes halogenated alkanes) is 9. The van der Waals surface area contributed by atoms with E-state index < -0.39 is 47.0 Å². The molecule has 256 valence electrons. The van der Waals surface area contributed by atoms with Gasteiger partial charge in [0.15, 0.2) is 0 Å². The van der Waals surface area contributed by atoms with E-state index in [1.54, 1.807) is 0 Å². The summed E-state index contributed by atoms with van der Waals surface area (Å²) < 4.78 is 86.2. The lowest BCUT2D eigenvalue weighted by Crippen LogP contribution is -2.52. The highest BCUT2D eigenvalue weighted by atomic mass is 19.4. The molecule has 3 rings (SSSR count). The van der Waals surface area contributed by atoms with Gasteiger partial charge in [0.25, 0.3) is 5.91 Å². The zero-order valence-corrected chi connectivity index (χ0v) is 26.5. The van der Waals surface area contributed by atoms with Crippen molar-refractivity contribution in [3.8, 4) is 0 Å². The molecule has 0 radical (unpaired) electrons. The Hall–Kier alpha value is -3.08. The second-order valence-electron chi connectivity index (χ2n) is 12.1. The lowest BCUT2D eigenvalue weighted by atomic mass is 9.91. The molecule has 11 heteroatoms. The van der Waals surface area contributed by atoms with E-state index in [-0.39, 0.29) is 25.2 Å². The fourth-order valence-electron chi connectivity index (χ4n) is 5.88. The smallest absolute Gasteiger partial charge is 0.416 e. The van der Waals surface area contributed by atoms with Crippen molar-refractivity contribution in [3.05, 3.63) is 70.8 Å². The third kappa shape index (κ3) is 12.6. The average Bonchev–Trinajstić information content (AvgIpc) is 3.02. The molecule has 1 fully saturated rings. The first kappa shape index (κ1) is 37.4. The number of esters is 1. The van der Waals surface area contributed by atoms with Crippen molar-refractivity contribution in [3.63, 3.8) is 0 Å². The fraction of sp³-hybridized carbons (Fsp3) is 0.600. The molecule has 0 bridgehead atoms. The molecule has 46 heavy (non-hydrogen) atoms. The van der Waals surface area contributed by atoms with Crippen LogP contribution in [0.4, 0.5) is 26.3 Å². The Morgan fingerprint density at radius 1 is 0.826 bits per heavy atom. The predicted octanol–water partition coefficient (Wildman–Crippen LogP) is 8.99. The van der Waals surface area contributed by atoms with Gasteiger partial charge in [0.05, 0.1) is 24.3 Å². The van der Waals surface area contributed by atoms with Crippen LogP contribution in [-0.4, -0.2) is 48.6 Å². The molecule has 5 nitrogen and oxygen atoms in total. The maximum atomic E-state index is 13.5. The number of rotatable bonds is 17. The van der Waals surface area contributed by atoms with E-state index in [2.05, 4.69) is 12.2 Å². The standard InChI is InChI=1S/C35H46F6N2O3/c1-2-3-4-5-6-7-8-9-10-14-19-46-32(44)25-42-30-17-18-43(31(24-30)20-26-15-12-11-13-16-26)33(45)27-21-28(34(36,37)38)23-29(22-27)35(39,40)41/h11-13,15-16,21-23,30-31,42H,2-10,14,17-20,24-25H2,1H3/t30-,31+/m0/s1. The number of likely N-dealkylation sites (tertiary alicyclic amines) is 1. The summed E-state index contributed by atoms with van der Waals surface area (Å²) in [5, 5.41) is 3.17. The van der Waals surface area contributed by atoms with Crippen molar-refractivity contribution >= 4 is 11.9 Å². The van der Waals surface area contributed by atoms with Crippen molar-refractivity contribution in [2.45, 2.75) is 115 Å². The second-order valence-corrected chi connectivity index (χ2v) is 12.1. The number of nitrogens with one attached hydrogen (secondary N) is 1. The van der Waals surface area contributed by atoms with Crippen LogP contribution in [-0.2, 0) is 28.3 Å². The molecule has 2 aromatic rings. The van der Waals surface area contributed by atoms with Gasteiger partial charge in [-0.15, -0.1) is 0 Å². The van der Waals surface area contributed by atoms with Gasteiger partial charge in [0.2, 0.25) is 0 Å². The monoisotopic (exact) mass is 656 g/mol. The third-order valence-corrected chi connectivity index (χ3v) is 8.42. The van der Waals surface area contributed by atoms with Crippen LogP contribution in [0.3, 0.4) is 0 Å². The van der Waals surface area contributed by atoms with E-state index >= 15 is 0 Å². The number of hydrogen-bond donors (Lipinski definition) is 1. The number of carbonyl (C=O) groups excluding carboxylic acids is 2. The summed E-state index contributed by atoms with van der Waals surface area (Å²) in [5.41, 5.74) is -2.86. The number of halogens is 6. The molecule has 1 N–H and O–H groups in total. The maximum Gasteiger partial charge on any atom is 0.416 e. The fourth-order valence-corrected chi connectivity index (χ4v) is 5.88. The van der Waals surface area contributed by atoms with Crippen molar-refractivity contribution in [2.24, 2.45) is 0 Å². The molecule has 2 aromatic carbocycles. The zero-order valence-electron chi connectivity index (χ0n) is 26.5. The first-order valence-electron chi connectivity index (χ1n) is 16.4. The summed E-state index contributed by atoms with van der Waals surface area (Å²) in [5.74, 6) is -1.29. The van der Waals surface area contributed by atoms with E-state index in [1.807, 2.05) is 30.3 Å². The van der Waals surface area contributed by atoms with E-state index in [1.165, 1.54) is 49.8 Å². The largest absolute Gasteiger partial charge is 0.465 e. The number of hydrogen-bond acceptors (Lipinski definition) is 4. The van der Waals surface area contributed by atoms with Crippen molar-refractivity contribution in [1.29, 1.82) is 0 Å². The highest BCUT2D eigenvalue weighted by Crippen LogP contribution is 2.37. The van der Waals surface area contributed by atoms with Gasteiger partial charge in [0.1, 0.15) is 0 Å². The van der Waals surface area contributed by atoms with Crippen LogP contribution in [0.15, 0.2) is 48.5 Å². The Labute approximate surface area is 268 Å². The lowest BCUT2D eigenvalue weighted by Gasteiger charge is -2.40. The molecule has 1 saturated heterocycles. The molecule has 1 heterocycles. The molecule has 1 aliphatic rings. The normalized spacial score (nSPS) is 17.2. The molecule has 0 spiro atoms. The topological polar surface area (TPSA) is 58.6 Å². The van der Waals surface area contributed by atoms with Crippen LogP contribution >= 0.6 is 0 Å². The summed E-state index contributed by atoms with van der Waals surface area (Å²) in [6, 6.07) is 9.39. The molecular formula is C35H46F6N2O3. The molecule has 2 atom stereocenters. The van der Waals surface area contributed by atoms with E-state index in [0.717, 1.165) is 24.8 Å². The molecule has 1 aliphatic heterocycles. The Morgan fingerprint density at radius 2 is 1.39 bits per heavy atom. The van der Waals surface area contributed by atoms with Gasteiger partial charge in [-0.3, -0.25) is 9.59 Å². The summed E-state index contributed by atoms with van der Waals surface area (Å²) in [6.45, 7) is 2.62. The van der Waals surface area contributed by atoms with E-state index in [9.17, 15) is 35.9 Å². The number of alkyl halides is 6. The number of benzene rings is 2. The predicted molar refractivity (Wildman–Crippen MR) is 165 cm³/mol. The maximum absolute atomic E-state index is 13.5. The molecule has 1 amide bonds. The van der Waals surface area contributed by atoms with Crippen LogP contribution in [0.2, 0.25) is 0 Å². The average molecular weight is 657 g/mol. The minimum Gasteiger partial charge on any atom is -0.465 e. The van der Waals surface area contributed by atoms with Crippen LogP contribution in [0.5, 0.6) is 0 Å². The van der Waals surface area contributed by atoms with E-state index in [4.69, 9.17) is 4.74 Å². The SMILES string of the molecule is CCCCCCCCCCCCOC(=O)CN[C@H]1CCN(C(=O)c2cc(C(F)(F)F)cc(C(F)(F)F)c2)[C@H](Cc2ccccc2)C1. The Kier molecular flexibility index (Phi) is 14.9. The summed E-state index contributed by atoms with van der Waals surface area (Å²) in [7, 11) is 0. The van der Waals surface area contributed by atoms with Gasteiger partial charge < -0.3 is 15.0 Å². The highest BCUT2D eigenvalue weighted by molar-refractivity contribution is 5.95. The minimum atomic E-state index is -5.06. The number of ether oxygens (including phenoxy) is 1. The number of carbonyl (C=O) groups is 2. The van der Waals surface area contributed by atoms with E-state index in [0.29, 0.717) is 38.0 Å². The summed E-state index contributed by atoms with van der Waals surface area (Å²) in [4.78, 5) is 27.2. The minimum absolute atomic E-state index is 0.0178. The second kappa shape index (κ2) is 18.3. The van der Waals surface area contributed by atoms with Crippen LogP contribution < -0.4 is 5.32 Å². The molecule has 0 saturated carbocycles. The molecule has 0 aliphatic carbocycles. The number of nitrogens with zero attached hydrogens (tertiary/aromatic N) is 1. The highest BCUT2D eigenvalue weighted by Gasteiger charge is 2.39. The third-order valence-electron chi connectivity index (χ3n) is 8.42. The van der Waals surface area contributed by atoms with Crippen molar-refractivity contribution in [1.82, 2.24) is 10.2 Å².